The molecule has 0 saturated carbocycles. The van der Waals surface area contributed by atoms with E-state index in [9.17, 15) is 14.4 Å². The third-order valence-electron chi connectivity index (χ3n) is 6.37. The van der Waals surface area contributed by atoms with Gasteiger partial charge < -0.3 is 20.5 Å². The number of carbonyl (C=O) groups is 3. The van der Waals surface area contributed by atoms with Crippen molar-refractivity contribution in [3.05, 3.63) is 59.7 Å². The van der Waals surface area contributed by atoms with E-state index in [4.69, 9.17) is 9.84 Å². The van der Waals surface area contributed by atoms with Gasteiger partial charge in [0.25, 0.3) is 0 Å². The highest BCUT2D eigenvalue weighted by atomic mass is 16.5. The summed E-state index contributed by atoms with van der Waals surface area (Å²) in [5, 5.41) is 14.3. The van der Waals surface area contributed by atoms with Gasteiger partial charge in [-0.1, -0.05) is 48.5 Å². The van der Waals surface area contributed by atoms with Crippen LogP contribution in [0.4, 0.5) is 4.79 Å². The smallest absolute Gasteiger partial charge is 0.407 e. The Labute approximate surface area is 192 Å². The Kier molecular flexibility index (Phi) is 6.93. The van der Waals surface area contributed by atoms with E-state index in [1.807, 2.05) is 29.2 Å². The average Bonchev–Trinajstić information content (AvgIpc) is 3.12. The van der Waals surface area contributed by atoms with E-state index in [0.717, 1.165) is 0 Å². The van der Waals surface area contributed by atoms with Crippen molar-refractivity contribution in [1.82, 2.24) is 15.5 Å². The summed E-state index contributed by atoms with van der Waals surface area (Å²) in [6.07, 6.45) is 0.973. The van der Waals surface area contributed by atoms with Crippen LogP contribution in [0.25, 0.3) is 11.1 Å². The van der Waals surface area contributed by atoms with Crippen molar-refractivity contribution in [2.24, 2.45) is 0 Å². The predicted molar refractivity (Wildman–Crippen MR) is 123 cm³/mol. The van der Waals surface area contributed by atoms with Crippen LogP contribution in [0.15, 0.2) is 48.5 Å². The van der Waals surface area contributed by atoms with Crippen LogP contribution in [0, 0.1) is 0 Å². The molecule has 0 bridgehead atoms. The van der Waals surface area contributed by atoms with E-state index < -0.39 is 18.1 Å². The van der Waals surface area contributed by atoms with Gasteiger partial charge in [0.1, 0.15) is 12.6 Å². The maximum atomic E-state index is 12.5. The summed E-state index contributed by atoms with van der Waals surface area (Å²) >= 11 is 0. The van der Waals surface area contributed by atoms with Crippen LogP contribution in [0.3, 0.4) is 0 Å². The zero-order chi connectivity index (χ0) is 23.4. The highest BCUT2D eigenvalue weighted by molar-refractivity contribution is 5.84. The molecule has 0 aromatic heterocycles. The quantitative estimate of drug-likeness (QED) is 0.597. The van der Waals surface area contributed by atoms with Gasteiger partial charge in [-0.3, -0.25) is 14.5 Å². The molecule has 2 aliphatic rings. The Hall–Kier alpha value is -3.39. The van der Waals surface area contributed by atoms with Gasteiger partial charge in [0.15, 0.2) is 0 Å². The number of rotatable bonds is 7. The number of alkyl carbamates (subject to hydrolysis) is 1. The van der Waals surface area contributed by atoms with Gasteiger partial charge in [-0.2, -0.15) is 0 Å². The standard InChI is InChI=1S/C25H29N3O5/c1-16(24(30)31)26-23(29)14-28-12-10-17(11-13-28)27-25(32)33-15-22-20-8-4-2-6-18(20)19-7-3-5-9-21(19)22/h2-9,16-17,22H,10-15H2,1H3,(H,26,29)(H,27,32)(H,30,31)/t16-/m1/s1. The molecule has 1 atom stereocenters. The molecule has 1 heterocycles. The van der Waals surface area contributed by atoms with Crippen molar-refractivity contribution in [2.45, 2.75) is 37.8 Å². The minimum absolute atomic E-state index is 0.0158. The lowest BCUT2D eigenvalue weighted by Crippen LogP contribution is -2.49. The highest BCUT2D eigenvalue weighted by Crippen LogP contribution is 2.44. The molecule has 0 radical (unpaired) electrons. The molecule has 4 rings (SSSR count). The first-order chi connectivity index (χ1) is 15.9. The van der Waals surface area contributed by atoms with Gasteiger partial charge in [-0.25, -0.2) is 4.79 Å². The molecule has 1 saturated heterocycles. The van der Waals surface area contributed by atoms with Crippen molar-refractivity contribution < 1.29 is 24.2 Å². The minimum atomic E-state index is -1.06. The lowest BCUT2D eigenvalue weighted by molar-refractivity contribution is -0.141. The van der Waals surface area contributed by atoms with Crippen molar-refractivity contribution in [3.63, 3.8) is 0 Å². The van der Waals surface area contributed by atoms with Gasteiger partial charge in [0.2, 0.25) is 5.91 Å². The number of hydrogen-bond acceptors (Lipinski definition) is 5. The van der Waals surface area contributed by atoms with E-state index in [1.54, 1.807) is 0 Å². The van der Waals surface area contributed by atoms with Crippen LogP contribution in [-0.4, -0.2) is 66.3 Å². The molecule has 2 amide bonds. The third-order valence-corrected chi connectivity index (χ3v) is 6.37. The summed E-state index contributed by atoms with van der Waals surface area (Å²) in [5.74, 6) is -1.35. The summed E-state index contributed by atoms with van der Waals surface area (Å²) in [7, 11) is 0. The lowest BCUT2D eigenvalue weighted by Gasteiger charge is -2.31. The van der Waals surface area contributed by atoms with Gasteiger partial charge in [-0.15, -0.1) is 0 Å². The molecule has 0 unspecified atom stereocenters. The summed E-state index contributed by atoms with van der Waals surface area (Å²) in [6, 6.07) is 15.5. The number of nitrogens with zero attached hydrogens (tertiary/aromatic N) is 1. The molecular formula is C25H29N3O5. The predicted octanol–water partition coefficient (Wildman–Crippen LogP) is 2.58. The second kappa shape index (κ2) is 10.0. The van der Waals surface area contributed by atoms with Crippen molar-refractivity contribution in [2.75, 3.05) is 26.2 Å². The monoisotopic (exact) mass is 451 g/mol. The fourth-order valence-electron chi connectivity index (χ4n) is 4.59. The highest BCUT2D eigenvalue weighted by Gasteiger charge is 2.29. The van der Waals surface area contributed by atoms with Gasteiger partial charge in [-0.05, 0) is 42.0 Å². The average molecular weight is 452 g/mol. The largest absolute Gasteiger partial charge is 0.480 e. The maximum Gasteiger partial charge on any atom is 0.407 e. The van der Waals surface area contributed by atoms with Gasteiger partial charge >= 0.3 is 12.1 Å². The SMILES string of the molecule is C[C@@H](NC(=O)CN1CCC(NC(=O)OCC2c3ccccc3-c3ccccc32)CC1)C(=O)O. The Morgan fingerprint density at radius 2 is 1.61 bits per heavy atom. The molecule has 3 N–H and O–H groups in total. The lowest BCUT2D eigenvalue weighted by atomic mass is 9.98. The number of benzene rings is 2. The molecule has 2 aromatic rings. The molecule has 33 heavy (non-hydrogen) atoms. The normalized spacial score (nSPS) is 17.0. The number of carboxylic acids is 1. The first kappa shape index (κ1) is 22.8. The number of aliphatic carboxylic acids is 1. The van der Waals surface area contributed by atoms with Crippen LogP contribution in [0.5, 0.6) is 0 Å². The minimum Gasteiger partial charge on any atom is -0.480 e. The molecule has 0 spiro atoms. The second-order valence-corrected chi connectivity index (χ2v) is 8.65. The second-order valence-electron chi connectivity index (χ2n) is 8.65. The molecule has 1 aliphatic heterocycles. The number of hydrogen-bond donors (Lipinski definition) is 3. The van der Waals surface area contributed by atoms with Crippen LogP contribution in [0.2, 0.25) is 0 Å². The molecule has 1 fully saturated rings. The van der Waals surface area contributed by atoms with E-state index in [0.29, 0.717) is 25.9 Å². The first-order valence-electron chi connectivity index (χ1n) is 11.3. The Morgan fingerprint density at radius 1 is 1.03 bits per heavy atom. The number of nitrogens with one attached hydrogen (secondary N) is 2. The number of carbonyl (C=O) groups excluding carboxylic acids is 2. The van der Waals surface area contributed by atoms with Crippen molar-refractivity contribution in [3.8, 4) is 11.1 Å². The zero-order valence-electron chi connectivity index (χ0n) is 18.6. The number of carboxylic acid groups (broad SMARTS) is 1. The molecule has 174 valence electrons. The van der Waals surface area contributed by atoms with Crippen molar-refractivity contribution >= 4 is 18.0 Å². The van der Waals surface area contributed by atoms with E-state index in [-0.39, 0.29) is 31.0 Å². The summed E-state index contributed by atoms with van der Waals surface area (Å²) < 4.78 is 5.62. The number of amides is 2. The summed E-state index contributed by atoms with van der Waals surface area (Å²) in [5.41, 5.74) is 4.73. The van der Waals surface area contributed by atoms with Crippen molar-refractivity contribution in [1.29, 1.82) is 0 Å². The fourth-order valence-corrected chi connectivity index (χ4v) is 4.59. The molecule has 2 aromatic carbocycles. The number of piperidine rings is 1. The van der Waals surface area contributed by atoms with Gasteiger partial charge in [0.05, 0.1) is 6.54 Å². The first-order valence-corrected chi connectivity index (χ1v) is 11.3. The number of fused-ring (bicyclic) bond motifs is 3. The fraction of sp³-hybridized carbons (Fsp3) is 0.400. The Balaban J connectivity index is 1.23. The van der Waals surface area contributed by atoms with Gasteiger partial charge in [0, 0.05) is 25.0 Å². The van der Waals surface area contributed by atoms with E-state index >= 15 is 0 Å². The van der Waals surface area contributed by atoms with Crippen LogP contribution >= 0.6 is 0 Å². The molecule has 1 aliphatic carbocycles. The van der Waals surface area contributed by atoms with E-state index in [1.165, 1.54) is 29.2 Å². The van der Waals surface area contributed by atoms with Crippen LogP contribution in [0.1, 0.15) is 36.8 Å². The molecule has 8 nitrogen and oxygen atoms in total. The topological polar surface area (TPSA) is 108 Å². The van der Waals surface area contributed by atoms with E-state index in [2.05, 4.69) is 34.9 Å². The summed E-state index contributed by atoms with van der Waals surface area (Å²) in [6.45, 7) is 3.15. The third kappa shape index (κ3) is 5.34. The molecular weight excluding hydrogens is 422 g/mol. The van der Waals surface area contributed by atoms with Crippen LogP contribution < -0.4 is 10.6 Å². The number of likely N-dealkylation sites (tertiary alicyclic amines) is 1. The Morgan fingerprint density at radius 3 is 2.18 bits per heavy atom. The maximum absolute atomic E-state index is 12.5. The Bertz CT molecular complexity index is 987. The summed E-state index contributed by atoms with van der Waals surface area (Å²) in [4.78, 5) is 37.2. The number of ether oxygens (including phenoxy) is 1. The zero-order valence-corrected chi connectivity index (χ0v) is 18.6. The molecule has 8 heteroatoms. The van der Waals surface area contributed by atoms with Crippen LogP contribution in [-0.2, 0) is 14.3 Å².